The summed E-state index contributed by atoms with van der Waals surface area (Å²) in [6, 6.07) is 6.06. The normalized spacial score (nSPS) is 38.7. The van der Waals surface area contributed by atoms with Crippen molar-refractivity contribution in [1.29, 1.82) is 0 Å². The highest BCUT2D eigenvalue weighted by molar-refractivity contribution is 6.01. The van der Waals surface area contributed by atoms with Crippen LogP contribution in [0.3, 0.4) is 0 Å². The fourth-order valence-electron chi connectivity index (χ4n) is 12.3. The maximum absolute atomic E-state index is 15.0. The molecule has 3 saturated heterocycles. The number of aliphatic hydroxyl groups is 5. The summed E-state index contributed by atoms with van der Waals surface area (Å²) in [6.45, 7) is 16.7. The second kappa shape index (κ2) is 28.8. The monoisotopic (exact) mass is 1150 g/mol. The molecule has 4 aliphatic rings. The molecule has 21 atom stereocenters. The third-order valence-electron chi connectivity index (χ3n) is 17.4. The van der Waals surface area contributed by atoms with Gasteiger partial charge in [0.05, 0.1) is 71.4 Å². The van der Waals surface area contributed by atoms with Crippen molar-refractivity contribution in [3.05, 3.63) is 47.3 Å². The summed E-state index contributed by atoms with van der Waals surface area (Å²) in [5, 5.41) is 74.6. The highest BCUT2D eigenvalue weighted by Crippen LogP contribution is 2.42. The molecule has 4 aliphatic heterocycles. The van der Waals surface area contributed by atoms with E-state index >= 15 is 0 Å². The van der Waals surface area contributed by atoms with Crippen LogP contribution >= 0.6 is 0 Å². The van der Waals surface area contributed by atoms with Crippen LogP contribution in [0.5, 0.6) is 0 Å². The molecule has 24 heteroatoms. The van der Waals surface area contributed by atoms with Gasteiger partial charge in [0.1, 0.15) is 42.7 Å². The molecule has 5 N–H and O–H groups in total. The Labute approximate surface area is 476 Å². The smallest absolute Gasteiger partial charge is 0.311 e. The van der Waals surface area contributed by atoms with Crippen molar-refractivity contribution < 1.29 is 87.0 Å². The summed E-state index contributed by atoms with van der Waals surface area (Å²) < 4.78 is 72.9. The van der Waals surface area contributed by atoms with E-state index in [4.69, 9.17) is 52.3 Å². The molecular formula is C57H93FN6O17. The number of benzene rings is 1. The molecule has 2 aromatic rings. The molecule has 1 unspecified atom stereocenters. The Bertz CT molecular complexity index is 2350. The summed E-state index contributed by atoms with van der Waals surface area (Å²) in [4.78, 5) is 27.6. The standard InChI is InChI=1S/C57H93FN6O17/c1-16-44-57(10,70)50(67)33(4)46(61-75-30-71-12)31(2)25-56(9,74-15)52(34(5)48(35(6)53(69)78-44)79-45-26-55(8,73-14)51(68)36(7)77-45)80-54-47(66)42(23-32(3)76-54)63(11)22-21-39-28-64(62-59-39)43(27-58)49(72-13)38-19-17-37(18-20-38)41-24-40(29-65)81-60-41/h17-20,28,31-36,40,42-45,47-52,54,65-68,70H,16,21-27,29-30H2,1-15H3/b61-46+/t31-,32-,33+,34+,35-,36+,40?,42+,43-,44-,45+,47-,48+,49-,50-,51+,52-,54+,55-,56-,57-/m1/s1. The van der Waals surface area contributed by atoms with Crippen molar-refractivity contribution in [2.24, 2.45) is 34.0 Å². The lowest BCUT2D eigenvalue weighted by Crippen LogP contribution is -2.61. The van der Waals surface area contributed by atoms with E-state index in [1.54, 1.807) is 40.8 Å². The summed E-state index contributed by atoms with van der Waals surface area (Å²) in [7, 11) is 7.88. The zero-order chi connectivity index (χ0) is 59.7. The minimum absolute atomic E-state index is 0.0778. The van der Waals surface area contributed by atoms with Crippen molar-refractivity contribution in [3.8, 4) is 0 Å². The van der Waals surface area contributed by atoms with Gasteiger partial charge in [-0.1, -0.05) is 67.5 Å². The van der Waals surface area contributed by atoms with Crippen molar-refractivity contribution in [3.63, 3.8) is 0 Å². The number of halogens is 1. The molecule has 0 amide bonds. The van der Waals surface area contributed by atoms with Gasteiger partial charge in [0, 0.05) is 84.2 Å². The van der Waals surface area contributed by atoms with E-state index in [9.17, 15) is 34.7 Å². The molecular weight excluding hydrogens is 1060 g/mol. The number of nitrogens with zero attached hydrogens (tertiary/aromatic N) is 6. The topological polar surface area (TPSA) is 278 Å². The molecule has 1 aromatic carbocycles. The van der Waals surface area contributed by atoms with E-state index in [1.807, 2.05) is 63.9 Å². The van der Waals surface area contributed by atoms with E-state index in [2.05, 4.69) is 20.6 Å². The van der Waals surface area contributed by atoms with Gasteiger partial charge in [-0.15, -0.1) is 5.10 Å². The lowest BCUT2D eigenvalue weighted by Gasteiger charge is -2.50. The number of alkyl halides is 1. The molecule has 6 rings (SSSR count). The van der Waals surface area contributed by atoms with Crippen LogP contribution in [0.1, 0.15) is 130 Å². The predicted molar refractivity (Wildman–Crippen MR) is 293 cm³/mol. The number of rotatable bonds is 21. The Kier molecular flexibility index (Phi) is 23.6. The quantitative estimate of drug-likeness (QED) is 0.0500. The van der Waals surface area contributed by atoms with Gasteiger partial charge in [0.25, 0.3) is 0 Å². The molecule has 5 heterocycles. The van der Waals surface area contributed by atoms with Crippen molar-refractivity contribution in [2.75, 3.05) is 62.1 Å². The number of cyclic esters (lactones) is 1. The fraction of sp³-hybridized carbons (Fsp3) is 0.807. The van der Waals surface area contributed by atoms with Crippen LogP contribution in [0.15, 0.2) is 40.8 Å². The van der Waals surface area contributed by atoms with Gasteiger partial charge in [-0.05, 0) is 79.0 Å². The molecule has 0 bridgehead atoms. The average Bonchev–Trinajstić information content (AvgIpc) is 4.15. The summed E-state index contributed by atoms with van der Waals surface area (Å²) in [6.07, 6.45) is -8.29. The van der Waals surface area contributed by atoms with Gasteiger partial charge < -0.3 is 82.7 Å². The number of aliphatic hydroxyl groups excluding tert-OH is 4. The molecule has 0 radical (unpaired) electrons. The molecule has 3 fully saturated rings. The summed E-state index contributed by atoms with van der Waals surface area (Å²) >= 11 is 0. The SMILES string of the molecule is CC[C@H]1OC(=O)[C@H](C)[C@@H](O[C@H]2C[C@@](C)(OC)[C@@H](O)[C@H](C)O2)[C@H](C)[C@@H](O[C@@H]2O[C@H](C)C[C@H](N(C)CCc3cn([C@H](CF)[C@H](OC)c4ccc(C5=NOC(CO)C5)cc4)nn3)[C@H]2O)[C@](C)(OC)C[C@@H](C)/C(=N\OCOC)[C@H](C)[C@@H](O)[C@]1(C)O. The van der Waals surface area contributed by atoms with Gasteiger partial charge in [0.2, 0.25) is 6.79 Å². The first-order valence-corrected chi connectivity index (χ1v) is 28.4. The fourth-order valence-corrected chi connectivity index (χ4v) is 12.3. The maximum Gasteiger partial charge on any atom is 0.311 e. The Morgan fingerprint density at radius 2 is 1.63 bits per heavy atom. The van der Waals surface area contributed by atoms with Crippen LogP contribution in [-0.2, 0) is 63.5 Å². The second-order valence-electron chi connectivity index (χ2n) is 23.4. The number of likely N-dealkylation sites (N-methyl/N-ethyl adjacent to an activating group) is 1. The number of hydrogen-bond acceptors (Lipinski definition) is 22. The first kappa shape index (κ1) is 66.3. The molecule has 1 aromatic heterocycles. The van der Waals surface area contributed by atoms with E-state index in [0.717, 1.165) is 11.1 Å². The van der Waals surface area contributed by atoms with E-state index < -0.39 is 133 Å². The third kappa shape index (κ3) is 15.2. The van der Waals surface area contributed by atoms with Crippen LogP contribution in [0.4, 0.5) is 4.39 Å². The number of oxime groups is 2. The van der Waals surface area contributed by atoms with Crippen molar-refractivity contribution in [1.82, 2.24) is 19.9 Å². The molecule has 81 heavy (non-hydrogen) atoms. The van der Waals surface area contributed by atoms with Crippen LogP contribution in [0.25, 0.3) is 0 Å². The zero-order valence-electron chi connectivity index (χ0n) is 50.0. The summed E-state index contributed by atoms with van der Waals surface area (Å²) in [5.41, 5.74) is -1.19. The first-order valence-electron chi connectivity index (χ1n) is 28.4. The van der Waals surface area contributed by atoms with Gasteiger partial charge in [-0.2, -0.15) is 0 Å². The first-order chi connectivity index (χ1) is 38.3. The van der Waals surface area contributed by atoms with Gasteiger partial charge in [0.15, 0.2) is 18.7 Å². The number of ether oxygens (including phenoxy) is 9. The van der Waals surface area contributed by atoms with Crippen LogP contribution in [0.2, 0.25) is 0 Å². The second-order valence-corrected chi connectivity index (χ2v) is 23.4. The predicted octanol–water partition coefficient (Wildman–Crippen LogP) is 4.44. The van der Waals surface area contributed by atoms with Crippen LogP contribution in [-0.4, -0.2) is 215 Å². The Morgan fingerprint density at radius 3 is 2.23 bits per heavy atom. The highest BCUT2D eigenvalue weighted by Gasteiger charge is 2.54. The zero-order valence-corrected chi connectivity index (χ0v) is 50.0. The number of carbonyl (C=O) groups is 1. The number of esters is 1. The maximum atomic E-state index is 15.0. The van der Waals surface area contributed by atoms with Crippen LogP contribution < -0.4 is 0 Å². The van der Waals surface area contributed by atoms with Gasteiger partial charge >= 0.3 is 5.97 Å². The average molecular weight is 1150 g/mol. The lowest BCUT2D eigenvalue weighted by molar-refractivity contribution is -0.319. The lowest BCUT2D eigenvalue weighted by atomic mass is 9.73. The third-order valence-corrected chi connectivity index (χ3v) is 17.4. The number of aromatic nitrogens is 3. The van der Waals surface area contributed by atoms with Crippen molar-refractivity contribution in [2.45, 2.75) is 210 Å². The Balaban J connectivity index is 1.30. The van der Waals surface area contributed by atoms with E-state index in [1.165, 1.54) is 40.0 Å². The molecule has 0 spiro atoms. The molecule has 0 saturated carbocycles. The van der Waals surface area contributed by atoms with E-state index in [0.29, 0.717) is 42.9 Å². The molecule has 0 aliphatic carbocycles. The largest absolute Gasteiger partial charge is 0.459 e. The van der Waals surface area contributed by atoms with Gasteiger partial charge in [-0.25, -0.2) is 9.07 Å². The van der Waals surface area contributed by atoms with Gasteiger partial charge in [-0.3, -0.25) is 4.79 Å². The molecule has 23 nitrogen and oxygen atoms in total. The Morgan fingerprint density at radius 1 is 0.938 bits per heavy atom. The number of carbonyl (C=O) groups excluding carboxylic acids is 1. The number of methoxy groups -OCH3 is 4. The number of hydrogen-bond donors (Lipinski definition) is 5. The van der Waals surface area contributed by atoms with E-state index in [-0.39, 0.29) is 38.8 Å². The van der Waals surface area contributed by atoms with Crippen LogP contribution in [0, 0.1) is 23.7 Å². The minimum Gasteiger partial charge on any atom is -0.459 e. The highest BCUT2D eigenvalue weighted by atomic mass is 19.1. The minimum atomic E-state index is -1.98. The Hall–Kier alpha value is -3.86. The molecule has 460 valence electrons. The summed E-state index contributed by atoms with van der Waals surface area (Å²) in [5.74, 6) is -4.03. The van der Waals surface area contributed by atoms with Crippen molar-refractivity contribution >= 4 is 17.4 Å².